The van der Waals surface area contributed by atoms with Gasteiger partial charge in [-0.2, -0.15) is 5.10 Å². The largest absolute Gasteiger partial charge is 0.318 e. The van der Waals surface area contributed by atoms with Crippen LogP contribution in [0, 0.1) is 5.82 Å². The molecule has 3 aromatic rings. The number of halogens is 2. The Kier molecular flexibility index (Phi) is 6.41. The molecule has 0 saturated carbocycles. The van der Waals surface area contributed by atoms with Gasteiger partial charge in [-0.15, -0.1) is 0 Å². The van der Waals surface area contributed by atoms with E-state index in [2.05, 4.69) is 17.3 Å². The van der Waals surface area contributed by atoms with E-state index < -0.39 is 11.7 Å². The summed E-state index contributed by atoms with van der Waals surface area (Å²) in [6.07, 6.45) is 3.94. The molecule has 1 amide bonds. The Morgan fingerprint density at radius 1 is 1.14 bits per heavy atom. The predicted octanol–water partition coefficient (Wildman–Crippen LogP) is 5.02. The summed E-state index contributed by atoms with van der Waals surface area (Å²) < 4.78 is 15.4. The van der Waals surface area contributed by atoms with Crippen LogP contribution in [-0.4, -0.2) is 15.7 Å². The molecule has 146 valence electrons. The lowest BCUT2D eigenvalue weighted by Gasteiger charge is -2.12. The average Bonchev–Trinajstić information content (AvgIpc) is 2.69. The first-order valence-electron chi connectivity index (χ1n) is 9.27. The molecule has 3 rings (SSSR count). The number of amides is 1. The van der Waals surface area contributed by atoms with E-state index in [1.165, 1.54) is 16.8 Å². The second kappa shape index (κ2) is 8.97. The number of aryl methyl sites for hydroxylation is 1. The monoisotopic (exact) mass is 401 g/mol. The fraction of sp³-hybridized carbons (Fsp3) is 0.286. The van der Waals surface area contributed by atoms with E-state index in [9.17, 15) is 14.0 Å². The first kappa shape index (κ1) is 20.0. The maximum atomic E-state index is 14.0. The van der Waals surface area contributed by atoms with Crippen molar-refractivity contribution in [3.63, 3.8) is 0 Å². The van der Waals surface area contributed by atoms with Crippen LogP contribution in [0.5, 0.6) is 0 Å². The van der Waals surface area contributed by atoms with Gasteiger partial charge in [0.25, 0.3) is 11.5 Å². The molecule has 1 aromatic heterocycles. The molecule has 28 heavy (non-hydrogen) atoms. The lowest BCUT2D eigenvalue weighted by Crippen LogP contribution is -2.28. The number of benzene rings is 2. The second-order valence-electron chi connectivity index (χ2n) is 6.56. The van der Waals surface area contributed by atoms with Crippen LogP contribution in [0.15, 0.2) is 47.3 Å². The topological polar surface area (TPSA) is 64.0 Å². The predicted molar refractivity (Wildman–Crippen MR) is 110 cm³/mol. The molecule has 0 unspecified atom stereocenters. The van der Waals surface area contributed by atoms with Crippen LogP contribution >= 0.6 is 11.6 Å². The van der Waals surface area contributed by atoms with Crippen molar-refractivity contribution in [3.8, 4) is 0 Å². The van der Waals surface area contributed by atoms with E-state index in [1.807, 2.05) is 0 Å². The number of carbonyl (C=O) groups is 1. The summed E-state index contributed by atoms with van der Waals surface area (Å²) in [6.45, 7) is 2.54. The van der Waals surface area contributed by atoms with Gasteiger partial charge in [-0.05, 0) is 30.7 Å². The first-order valence-corrected chi connectivity index (χ1v) is 9.65. The smallest absolute Gasteiger partial charge is 0.276 e. The number of unbranched alkanes of at least 4 members (excludes halogenated alkanes) is 3. The molecule has 0 radical (unpaired) electrons. The number of anilines is 1. The Morgan fingerprint density at radius 3 is 2.61 bits per heavy atom. The Hall–Kier alpha value is -2.73. The van der Waals surface area contributed by atoms with Crippen LogP contribution in [0.2, 0.25) is 5.02 Å². The van der Waals surface area contributed by atoms with Gasteiger partial charge < -0.3 is 5.32 Å². The second-order valence-corrected chi connectivity index (χ2v) is 7.00. The number of carbonyl (C=O) groups excluding carboxylic acids is 1. The summed E-state index contributed by atoms with van der Waals surface area (Å²) in [7, 11) is 0. The molecule has 0 atom stereocenters. The van der Waals surface area contributed by atoms with E-state index >= 15 is 0 Å². The quantitative estimate of drug-likeness (QED) is 0.565. The maximum Gasteiger partial charge on any atom is 0.276 e. The van der Waals surface area contributed by atoms with Crippen molar-refractivity contribution in [2.75, 3.05) is 5.32 Å². The lowest BCUT2D eigenvalue weighted by molar-refractivity contribution is 0.102. The van der Waals surface area contributed by atoms with Gasteiger partial charge in [0.2, 0.25) is 0 Å². The fourth-order valence-corrected chi connectivity index (χ4v) is 3.17. The van der Waals surface area contributed by atoms with Crippen molar-refractivity contribution in [2.45, 2.75) is 39.2 Å². The first-order chi connectivity index (χ1) is 13.5. The third-order valence-electron chi connectivity index (χ3n) is 4.49. The number of nitrogens with zero attached hydrogens (tertiary/aromatic N) is 2. The van der Waals surface area contributed by atoms with E-state index in [4.69, 9.17) is 11.6 Å². The molecule has 0 bridgehead atoms. The minimum atomic E-state index is -0.641. The van der Waals surface area contributed by atoms with Gasteiger partial charge in [-0.1, -0.05) is 56.0 Å². The maximum absolute atomic E-state index is 14.0. The SMILES string of the molecule is CCCCCCn1nc(C(=O)Nc2ccc(Cl)cc2F)c2ccccc2c1=O. The highest BCUT2D eigenvalue weighted by Gasteiger charge is 2.18. The zero-order valence-corrected chi connectivity index (χ0v) is 16.3. The molecular weight excluding hydrogens is 381 g/mol. The normalized spacial score (nSPS) is 11.0. The Labute approximate surface area is 167 Å². The Balaban J connectivity index is 1.97. The lowest BCUT2D eigenvalue weighted by atomic mass is 10.1. The van der Waals surface area contributed by atoms with Gasteiger partial charge >= 0.3 is 0 Å². The number of aromatic nitrogens is 2. The average molecular weight is 402 g/mol. The van der Waals surface area contributed by atoms with E-state index in [-0.39, 0.29) is 22.0 Å². The van der Waals surface area contributed by atoms with Crippen molar-refractivity contribution in [1.82, 2.24) is 9.78 Å². The van der Waals surface area contributed by atoms with E-state index in [0.29, 0.717) is 17.3 Å². The molecule has 0 fully saturated rings. The van der Waals surface area contributed by atoms with Crippen LogP contribution in [0.1, 0.15) is 43.1 Å². The number of hydrogen-bond acceptors (Lipinski definition) is 3. The van der Waals surface area contributed by atoms with Gasteiger partial charge in [0, 0.05) is 17.0 Å². The molecule has 7 heteroatoms. The van der Waals surface area contributed by atoms with Crippen LogP contribution in [0.4, 0.5) is 10.1 Å². The van der Waals surface area contributed by atoms with Crippen molar-refractivity contribution >= 4 is 34.0 Å². The van der Waals surface area contributed by atoms with Gasteiger partial charge in [-0.3, -0.25) is 9.59 Å². The van der Waals surface area contributed by atoms with Gasteiger partial charge in [0.15, 0.2) is 5.69 Å². The van der Waals surface area contributed by atoms with E-state index in [0.717, 1.165) is 31.7 Å². The van der Waals surface area contributed by atoms with E-state index in [1.54, 1.807) is 24.3 Å². The minimum Gasteiger partial charge on any atom is -0.318 e. The van der Waals surface area contributed by atoms with Crippen molar-refractivity contribution < 1.29 is 9.18 Å². The highest BCUT2D eigenvalue weighted by Crippen LogP contribution is 2.21. The molecule has 0 aliphatic carbocycles. The van der Waals surface area contributed by atoms with Gasteiger partial charge in [0.05, 0.1) is 11.1 Å². The zero-order chi connectivity index (χ0) is 20.1. The fourth-order valence-electron chi connectivity index (χ4n) is 3.02. The van der Waals surface area contributed by atoms with Crippen molar-refractivity contribution in [1.29, 1.82) is 0 Å². The summed E-state index contributed by atoms with van der Waals surface area (Å²) in [6, 6.07) is 10.8. The third-order valence-corrected chi connectivity index (χ3v) is 4.72. The zero-order valence-electron chi connectivity index (χ0n) is 15.5. The Morgan fingerprint density at radius 2 is 1.89 bits per heavy atom. The Bertz CT molecular complexity index is 1070. The number of fused-ring (bicyclic) bond motifs is 1. The van der Waals surface area contributed by atoms with Crippen LogP contribution in [0.3, 0.4) is 0 Å². The minimum absolute atomic E-state index is 0.000905. The van der Waals surface area contributed by atoms with Crippen LogP contribution < -0.4 is 10.9 Å². The third kappa shape index (κ3) is 4.39. The molecule has 2 aromatic carbocycles. The van der Waals surface area contributed by atoms with Crippen LogP contribution in [-0.2, 0) is 6.54 Å². The highest BCUT2D eigenvalue weighted by molar-refractivity contribution is 6.30. The van der Waals surface area contributed by atoms with Gasteiger partial charge in [0.1, 0.15) is 5.82 Å². The summed E-state index contributed by atoms with van der Waals surface area (Å²) in [5, 5.41) is 7.89. The molecule has 1 N–H and O–H groups in total. The molecule has 0 aliphatic rings. The molecule has 1 heterocycles. The standard InChI is InChI=1S/C21H21ClFN3O2/c1-2-3-4-7-12-26-21(28)16-9-6-5-8-15(16)19(25-26)20(27)24-18-11-10-14(22)13-17(18)23/h5-6,8-11,13H,2-4,7,12H2,1H3,(H,24,27). The molecular formula is C21H21ClFN3O2. The van der Waals surface area contributed by atoms with Gasteiger partial charge in [-0.25, -0.2) is 9.07 Å². The summed E-state index contributed by atoms with van der Waals surface area (Å²) in [5.41, 5.74) is -0.151. The summed E-state index contributed by atoms with van der Waals surface area (Å²) >= 11 is 5.75. The summed E-state index contributed by atoms with van der Waals surface area (Å²) in [5.74, 6) is -1.22. The molecule has 0 saturated heterocycles. The number of hydrogen-bond donors (Lipinski definition) is 1. The molecule has 0 spiro atoms. The number of nitrogens with one attached hydrogen (secondary N) is 1. The van der Waals surface area contributed by atoms with Crippen LogP contribution in [0.25, 0.3) is 10.8 Å². The highest BCUT2D eigenvalue weighted by atomic mass is 35.5. The van der Waals surface area contributed by atoms with Crippen molar-refractivity contribution in [2.24, 2.45) is 0 Å². The molecule has 5 nitrogen and oxygen atoms in total. The summed E-state index contributed by atoms with van der Waals surface area (Å²) in [4.78, 5) is 25.5. The number of rotatable bonds is 7. The molecule has 0 aliphatic heterocycles. The van der Waals surface area contributed by atoms with Crippen molar-refractivity contribution in [3.05, 3.63) is 69.4 Å².